The van der Waals surface area contributed by atoms with Crippen LogP contribution in [0.2, 0.25) is 0 Å². The third-order valence-corrected chi connectivity index (χ3v) is 7.09. The lowest BCUT2D eigenvalue weighted by atomic mass is 10.2. The predicted octanol–water partition coefficient (Wildman–Crippen LogP) is 3.99. The number of likely N-dealkylation sites (N-methyl/N-ethyl adjacent to an activating group) is 1. The van der Waals surface area contributed by atoms with E-state index in [1.807, 2.05) is 19.1 Å². The van der Waals surface area contributed by atoms with Gasteiger partial charge in [0.05, 0.1) is 18.6 Å². The number of carbonyl (C=O) groups is 1. The van der Waals surface area contributed by atoms with Crippen molar-refractivity contribution in [1.29, 1.82) is 0 Å². The van der Waals surface area contributed by atoms with Crippen LogP contribution in [0.15, 0.2) is 77.7 Å². The molecule has 33 heavy (non-hydrogen) atoms. The summed E-state index contributed by atoms with van der Waals surface area (Å²) < 4.78 is 47.2. The number of carbonyl (C=O) groups excluding carboxylic acids is 1. The van der Waals surface area contributed by atoms with E-state index in [1.165, 1.54) is 35.2 Å². The van der Waals surface area contributed by atoms with Crippen molar-refractivity contribution in [3.63, 3.8) is 0 Å². The normalized spacial score (nSPS) is 11.4. The Morgan fingerprint density at radius 1 is 0.939 bits per heavy atom. The second-order valence-corrected chi connectivity index (χ2v) is 9.71. The highest BCUT2D eigenvalue weighted by Crippen LogP contribution is 2.21. The molecule has 0 N–H and O–H groups in total. The van der Waals surface area contributed by atoms with Crippen LogP contribution in [0, 0.1) is 12.7 Å². The summed E-state index contributed by atoms with van der Waals surface area (Å²) in [6.45, 7) is 1.47. The molecule has 0 spiro atoms. The lowest BCUT2D eigenvalue weighted by Gasteiger charge is -2.25. The van der Waals surface area contributed by atoms with Gasteiger partial charge in [0.2, 0.25) is 15.9 Å². The van der Waals surface area contributed by atoms with Gasteiger partial charge in [-0.3, -0.25) is 4.79 Å². The number of hydrogen-bond acceptors (Lipinski definition) is 4. The number of rotatable bonds is 9. The Hall–Kier alpha value is -3.23. The van der Waals surface area contributed by atoms with Crippen LogP contribution in [-0.2, 0) is 27.9 Å². The molecule has 0 fully saturated rings. The van der Waals surface area contributed by atoms with E-state index in [0.29, 0.717) is 12.3 Å². The van der Waals surface area contributed by atoms with Gasteiger partial charge in [0, 0.05) is 25.7 Å². The smallest absolute Gasteiger partial charge is 0.243 e. The molecule has 0 saturated heterocycles. The average Bonchev–Trinajstić information content (AvgIpc) is 2.80. The number of sulfonamides is 1. The Kier molecular flexibility index (Phi) is 7.84. The average molecular weight is 471 g/mol. The summed E-state index contributed by atoms with van der Waals surface area (Å²) in [5.74, 6) is -0.230. The third-order valence-electron chi connectivity index (χ3n) is 5.28. The van der Waals surface area contributed by atoms with Crippen LogP contribution in [0.1, 0.15) is 16.7 Å². The number of ether oxygens (including phenoxy) is 1. The molecule has 0 aliphatic rings. The van der Waals surface area contributed by atoms with E-state index in [4.69, 9.17) is 4.74 Å². The fourth-order valence-corrected chi connectivity index (χ4v) is 4.63. The van der Waals surface area contributed by atoms with Crippen molar-refractivity contribution in [1.82, 2.24) is 9.21 Å². The molecular weight excluding hydrogens is 443 g/mol. The summed E-state index contributed by atoms with van der Waals surface area (Å²) in [6, 6.07) is 19.6. The largest absolute Gasteiger partial charge is 0.497 e. The number of methoxy groups -OCH3 is 1. The molecule has 0 atom stereocenters. The maximum Gasteiger partial charge on any atom is 0.243 e. The van der Waals surface area contributed by atoms with Crippen LogP contribution >= 0.6 is 0 Å². The van der Waals surface area contributed by atoms with Crippen molar-refractivity contribution >= 4 is 15.9 Å². The van der Waals surface area contributed by atoms with Gasteiger partial charge in [0.15, 0.2) is 0 Å². The molecule has 0 heterocycles. The number of hydrogen-bond donors (Lipinski definition) is 0. The van der Waals surface area contributed by atoms with E-state index in [-0.39, 0.29) is 17.0 Å². The molecule has 3 aromatic rings. The van der Waals surface area contributed by atoms with Gasteiger partial charge in [-0.1, -0.05) is 48.0 Å². The zero-order valence-electron chi connectivity index (χ0n) is 18.9. The minimum absolute atomic E-state index is 0.0510. The zero-order chi connectivity index (χ0) is 24.0. The molecule has 1 amide bonds. The van der Waals surface area contributed by atoms with Gasteiger partial charge in [0.25, 0.3) is 0 Å². The standard InChI is InChI=1S/C25H27FN2O4S/c1-19-8-14-23(15-9-19)33(30,31)28(17-21-6-4-5-7-24(21)26)18-25(29)27(2)16-20-10-12-22(32-3)13-11-20/h4-15H,16-18H2,1-3H3. The van der Waals surface area contributed by atoms with Gasteiger partial charge in [-0.05, 0) is 42.8 Å². The molecule has 3 aromatic carbocycles. The lowest BCUT2D eigenvalue weighted by molar-refractivity contribution is -0.130. The Morgan fingerprint density at radius 2 is 1.58 bits per heavy atom. The van der Waals surface area contributed by atoms with Gasteiger partial charge in [0.1, 0.15) is 11.6 Å². The SMILES string of the molecule is COc1ccc(CN(C)C(=O)CN(Cc2ccccc2F)S(=O)(=O)c2ccc(C)cc2)cc1. The Bertz CT molecular complexity index is 1200. The highest BCUT2D eigenvalue weighted by atomic mass is 32.2. The highest BCUT2D eigenvalue weighted by molar-refractivity contribution is 7.89. The fourth-order valence-electron chi connectivity index (χ4n) is 3.27. The molecule has 174 valence electrons. The molecule has 0 aromatic heterocycles. The third kappa shape index (κ3) is 6.18. The van der Waals surface area contributed by atoms with Crippen LogP contribution in [0.5, 0.6) is 5.75 Å². The van der Waals surface area contributed by atoms with E-state index in [1.54, 1.807) is 44.5 Å². The molecule has 3 rings (SSSR count). The lowest BCUT2D eigenvalue weighted by Crippen LogP contribution is -2.41. The maximum absolute atomic E-state index is 14.3. The number of halogens is 1. The molecule has 0 radical (unpaired) electrons. The van der Waals surface area contributed by atoms with Gasteiger partial charge >= 0.3 is 0 Å². The van der Waals surface area contributed by atoms with E-state index in [2.05, 4.69) is 0 Å². The fraction of sp³-hybridized carbons (Fsp3) is 0.240. The van der Waals surface area contributed by atoms with Crippen molar-refractivity contribution in [2.45, 2.75) is 24.9 Å². The summed E-state index contributed by atoms with van der Waals surface area (Å²) >= 11 is 0. The molecule has 6 nitrogen and oxygen atoms in total. The van der Waals surface area contributed by atoms with Gasteiger partial charge in [-0.15, -0.1) is 0 Å². The number of benzene rings is 3. The number of amides is 1. The van der Waals surface area contributed by atoms with E-state index in [9.17, 15) is 17.6 Å². The molecule has 8 heteroatoms. The Labute approximate surface area is 194 Å². The van der Waals surface area contributed by atoms with Crippen molar-refractivity contribution in [2.24, 2.45) is 0 Å². The maximum atomic E-state index is 14.3. The zero-order valence-corrected chi connectivity index (χ0v) is 19.7. The summed E-state index contributed by atoms with van der Waals surface area (Å²) in [7, 11) is -0.864. The van der Waals surface area contributed by atoms with Crippen molar-refractivity contribution < 1.29 is 22.3 Å². The van der Waals surface area contributed by atoms with Crippen LogP contribution in [-0.4, -0.2) is 44.2 Å². The number of nitrogens with zero attached hydrogens (tertiary/aromatic N) is 2. The van der Waals surface area contributed by atoms with Gasteiger partial charge in [-0.2, -0.15) is 4.31 Å². The molecule has 0 bridgehead atoms. The first kappa shape index (κ1) is 24.4. The summed E-state index contributed by atoms with van der Waals surface area (Å²) in [5.41, 5.74) is 1.97. The van der Waals surface area contributed by atoms with Crippen LogP contribution in [0.25, 0.3) is 0 Å². The molecule has 0 saturated carbocycles. The van der Waals surface area contributed by atoms with Gasteiger partial charge < -0.3 is 9.64 Å². The second kappa shape index (κ2) is 10.6. The van der Waals surface area contributed by atoms with E-state index >= 15 is 0 Å². The van der Waals surface area contributed by atoms with E-state index < -0.39 is 28.3 Å². The quantitative estimate of drug-likeness (QED) is 0.474. The van der Waals surface area contributed by atoms with Crippen LogP contribution < -0.4 is 4.74 Å². The topological polar surface area (TPSA) is 66.9 Å². The highest BCUT2D eigenvalue weighted by Gasteiger charge is 2.28. The van der Waals surface area contributed by atoms with Crippen molar-refractivity contribution in [2.75, 3.05) is 20.7 Å². The van der Waals surface area contributed by atoms with E-state index in [0.717, 1.165) is 15.4 Å². The first-order chi connectivity index (χ1) is 15.7. The minimum Gasteiger partial charge on any atom is -0.497 e. The van der Waals surface area contributed by atoms with Crippen molar-refractivity contribution in [3.8, 4) is 5.75 Å². The monoisotopic (exact) mass is 470 g/mol. The van der Waals surface area contributed by atoms with Gasteiger partial charge in [-0.25, -0.2) is 12.8 Å². The Balaban J connectivity index is 1.84. The first-order valence-electron chi connectivity index (χ1n) is 10.4. The predicted molar refractivity (Wildman–Crippen MR) is 125 cm³/mol. The summed E-state index contributed by atoms with van der Waals surface area (Å²) in [5, 5.41) is 0. The number of aryl methyl sites for hydroxylation is 1. The molecule has 0 aliphatic carbocycles. The van der Waals surface area contributed by atoms with Crippen molar-refractivity contribution in [3.05, 3.63) is 95.3 Å². The first-order valence-corrected chi connectivity index (χ1v) is 11.8. The molecule has 0 unspecified atom stereocenters. The summed E-state index contributed by atoms with van der Waals surface area (Å²) in [6.07, 6.45) is 0. The minimum atomic E-state index is -4.04. The molecular formula is C25H27FN2O4S. The van der Waals surface area contributed by atoms with Crippen LogP contribution in [0.3, 0.4) is 0 Å². The molecule has 0 aliphatic heterocycles. The van der Waals surface area contributed by atoms with Crippen LogP contribution in [0.4, 0.5) is 4.39 Å². The Morgan fingerprint density at radius 3 is 2.18 bits per heavy atom. The summed E-state index contributed by atoms with van der Waals surface area (Å²) in [4.78, 5) is 14.5. The second-order valence-electron chi connectivity index (χ2n) is 7.78.